The summed E-state index contributed by atoms with van der Waals surface area (Å²) >= 11 is 16.8. The fourth-order valence-electron chi connectivity index (χ4n) is 8.07. The van der Waals surface area contributed by atoms with Crippen molar-refractivity contribution in [2.24, 2.45) is 0 Å². The van der Waals surface area contributed by atoms with Gasteiger partial charge >= 0.3 is 88.7 Å². The Hall–Kier alpha value is -0.346. The number of hydrogen-bond donors (Lipinski definition) is 2. The molecule has 0 heterocycles. The van der Waals surface area contributed by atoms with Crippen LogP contribution < -0.4 is 19.3 Å². The van der Waals surface area contributed by atoms with Gasteiger partial charge in [-0.1, -0.05) is 57.4 Å². The summed E-state index contributed by atoms with van der Waals surface area (Å²) in [5.41, 5.74) is 6.88. The monoisotopic (exact) mass is 1890 g/mol. The summed E-state index contributed by atoms with van der Waals surface area (Å²) in [6, 6.07) is 25.2. The summed E-state index contributed by atoms with van der Waals surface area (Å²) in [6.07, 6.45) is 13.6. The number of ether oxygens (including phenoxy) is 4. The van der Waals surface area contributed by atoms with Crippen LogP contribution in [0.25, 0.3) is 0 Å². The molecule has 0 fully saturated rings. The van der Waals surface area contributed by atoms with Crippen molar-refractivity contribution < 1.29 is 53.3 Å². The van der Waals surface area contributed by atoms with E-state index < -0.39 is 11.9 Å². The molecule has 0 atom stereocenters. The van der Waals surface area contributed by atoms with Gasteiger partial charge in [-0.05, 0) is 239 Å². The third-order valence-electron chi connectivity index (χ3n) is 11.8. The molecule has 12 nitrogen and oxygen atoms in total. The van der Waals surface area contributed by atoms with E-state index >= 15 is 0 Å². The molecule has 0 aliphatic heterocycles. The first-order chi connectivity index (χ1) is 36.3. The Morgan fingerprint density at radius 2 is 0.857 bits per heavy atom. The van der Waals surface area contributed by atoms with E-state index in [-0.39, 0.29) is 37.1 Å². The SMILES string of the molecule is C.CCOC(=O)CCCOc1cccc(CCCCCCN(C)c2cc(I)cc(I)c2)c1CCC(=O)OCC.CN(CCCCCCc1cccc(OCCCC(=O)O)c1CCC(=O)O)c1cc(I)cc(I)c1.[I][V]([I])[I]. The van der Waals surface area contributed by atoms with E-state index in [9.17, 15) is 19.2 Å². The molecule has 0 bridgehead atoms. The minimum atomic E-state index is -0.845. The van der Waals surface area contributed by atoms with Gasteiger partial charge in [-0.2, -0.15) is 0 Å². The van der Waals surface area contributed by atoms with Gasteiger partial charge in [0.05, 0.1) is 26.4 Å². The summed E-state index contributed by atoms with van der Waals surface area (Å²) in [4.78, 5) is 49.9. The van der Waals surface area contributed by atoms with Crippen molar-refractivity contribution in [1.82, 2.24) is 0 Å². The predicted molar refractivity (Wildman–Crippen MR) is 371 cm³/mol. The second-order valence-corrected chi connectivity index (χ2v) is 58.1. The zero-order valence-corrected chi connectivity index (χ0v) is 60.5. The van der Waals surface area contributed by atoms with Crippen LogP contribution in [0.2, 0.25) is 0 Å². The van der Waals surface area contributed by atoms with Crippen LogP contribution in [-0.4, -0.2) is 87.7 Å². The standard InChI is InChI=1S/C30H41I2NO5.C26H33I2NO5.CH4.3HI.V/c1-4-36-29(34)15-11-19-38-28-14-10-13-23(27(28)16-17-30(35)37-5-2)12-8-6-7-9-18-33(3)26-21-24(31)20-25(32)22-26;1-29(22-17-20(27)16-21(28)18-22)14-5-3-2-4-8-19-9-6-10-24(23(19)12-13-26(32)33)34-15-7-11-25(30)31;;;;;/h10,13-14,20-22H,4-9,11-12,15-19H2,1-3H3;6,9-10,16-18H,2-5,7-8,11-15H2,1H3,(H,30,31)(H,32,33);1H4;3*1H;/q;;;;;;+3/p-3. The summed E-state index contributed by atoms with van der Waals surface area (Å²) in [5.74, 6) is -0.599. The Kier molecular flexibility index (Phi) is 43.8. The van der Waals surface area contributed by atoms with Crippen molar-refractivity contribution in [2.75, 3.05) is 63.4 Å². The van der Waals surface area contributed by atoms with Gasteiger partial charge in [-0.25, -0.2) is 0 Å². The number of carbonyl (C=O) groups excluding carboxylic acids is 2. The van der Waals surface area contributed by atoms with Crippen LogP contribution in [0.3, 0.4) is 0 Å². The van der Waals surface area contributed by atoms with E-state index in [4.69, 9.17) is 29.2 Å². The average Bonchev–Trinajstić information content (AvgIpc) is 3.35. The maximum atomic E-state index is 12.0. The normalized spacial score (nSPS) is 10.5. The van der Waals surface area contributed by atoms with Crippen LogP contribution in [0.4, 0.5) is 11.4 Å². The van der Waals surface area contributed by atoms with Gasteiger partial charge in [0.1, 0.15) is 11.5 Å². The van der Waals surface area contributed by atoms with E-state index in [1.807, 2.05) is 37.3 Å². The number of rotatable bonds is 34. The molecule has 77 heavy (non-hydrogen) atoms. The number of halogens is 7. The second-order valence-electron chi connectivity index (χ2n) is 17.7. The van der Waals surface area contributed by atoms with Gasteiger partial charge in [0.15, 0.2) is 0 Å². The van der Waals surface area contributed by atoms with Crippen molar-refractivity contribution in [3.63, 3.8) is 0 Å². The van der Waals surface area contributed by atoms with Crippen molar-refractivity contribution >= 4 is 186 Å². The Morgan fingerprint density at radius 3 is 1.25 bits per heavy atom. The fraction of sp³-hybridized carbons (Fsp3) is 0.509. The number of esters is 2. The van der Waals surface area contributed by atoms with Gasteiger partial charge in [0.2, 0.25) is 0 Å². The van der Waals surface area contributed by atoms with Gasteiger partial charge in [-0.15, -0.1) is 0 Å². The molecule has 0 saturated heterocycles. The number of carboxylic acids is 2. The number of nitrogens with zero attached hydrogens (tertiary/aromatic N) is 2. The number of aliphatic carboxylic acids is 2. The Balaban J connectivity index is 0.000000714. The summed E-state index contributed by atoms with van der Waals surface area (Å²) in [6.45, 7) is 7.20. The minimum absolute atomic E-state index is 0. The summed E-state index contributed by atoms with van der Waals surface area (Å²) in [7, 11) is 4.30. The van der Waals surface area contributed by atoms with Gasteiger partial charge in [-0.3, -0.25) is 19.2 Å². The molecule has 4 rings (SSSR count). The molecule has 0 aliphatic carbocycles. The van der Waals surface area contributed by atoms with Crippen LogP contribution in [0.5, 0.6) is 11.5 Å². The second kappa shape index (κ2) is 45.1. The van der Waals surface area contributed by atoms with E-state index in [2.05, 4.69) is 217 Å². The molecule has 20 heteroatoms. The Labute approximate surface area is 552 Å². The van der Waals surface area contributed by atoms with Crippen molar-refractivity contribution in [3.05, 3.63) is 109 Å². The van der Waals surface area contributed by atoms with Crippen molar-refractivity contribution in [3.8, 4) is 11.5 Å². The number of anilines is 2. The quantitative estimate of drug-likeness (QED) is 0.0260. The van der Waals surface area contributed by atoms with Gasteiger partial charge < -0.3 is 39.0 Å². The summed E-state index contributed by atoms with van der Waals surface area (Å²) < 4.78 is 27.1. The molecule has 2 N–H and O–H groups in total. The zero-order valence-electron chi connectivity index (χ0n) is 44.0. The number of carboxylic acid groups (broad SMARTS) is 2. The fourth-order valence-corrected chi connectivity index (χ4v) is 11.9. The van der Waals surface area contributed by atoms with Crippen LogP contribution in [0.1, 0.15) is 133 Å². The van der Waals surface area contributed by atoms with E-state index in [1.54, 1.807) is 6.92 Å². The van der Waals surface area contributed by atoms with Crippen LogP contribution in [0, 0.1) is 14.3 Å². The maximum absolute atomic E-state index is 12.0. The van der Waals surface area contributed by atoms with Crippen molar-refractivity contribution in [2.45, 2.75) is 137 Å². The summed E-state index contributed by atoms with van der Waals surface area (Å²) in [5, 5.41) is 18.0. The molecule has 0 spiro atoms. The van der Waals surface area contributed by atoms with Crippen LogP contribution in [-0.2, 0) is 59.3 Å². The van der Waals surface area contributed by atoms with Gasteiger partial charge in [0, 0.05) is 78.5 Å². The molecule has 0 unspecified atom stereocenters. The number of carbonyl (C=O) groups is 4. The number of aryl methyl sites for hydroxylation is 2. The Bertz CT molecular complexity index is 2310. The molecule has 0 saturated carbocycles. The molecule has 0 radical (unpaired) electrons. The number of unbranched alkanes of at least 4 members (excludes halogenated alkanes) is 6. The van der Waals surface area contributed by atoms with Crippen LogP contribution >= 0.6 is 150 Å². The molecular weight excluding hydrogens is 1810 g/mol. The number of hydrogen-bond acceptors (Lipinski definition) is 10. The number of benzene rings is 4. The topological polar surface area (TPSA) is 152 Å². The predicted octanol–water partition coefficient (Wildman–Crippen LogP) is 17.0. The average molecular weight is 1890 g/mol. The molecule has 430 valence electrons. The zero-order chi connectivity index (χ0) is 56.3. The molecule has 0 aromatic heterocycles. The van der Waals surface area contributed by atoms with Gasteiger partial charge in [0.25, 0.3) is 0 Å². The first-order valence-corrected chi connectivity index (χ1v) is 43.5. The first-order valence-electron chi connectivity index (χ1n) is 25.7. The van der Waals surface area contributed by atoms with E-state index in [0.29, 0.717) is 70.7 Å². The first kappa shape index (κ1) is 74.7. The molecule has 0 amide bonds. The van der Waals surface area contributed by atoms with E-state index in [0.717, 1.165) is 93.3 Å². The molecular formula is C57H78I7N2O10V. The molecule has 4 aromatic rings. The van der Waals surface area contributed by atoms with Crippen LogP contribution in [0.15, 0.2) is 72.8 Å². The molecule has 0 aliphatic rings. The third-order valence-corrected chi connectivity index (χ3v) is 14.3. The Morgan fingerprint density at radius 1 is 0.494 bits per heavy atom. The van der Waals surface area contributed by atoms with E-state index in [1.165, 1.54) is 37.6 Å². The van der Waals surface area contributed by atoms with Crippen molar-refractivity contribution in [1.29, 1.82) is 0 Å². The molecule has 4 aromatic carbocycles. The third kappa shape index (κ3) is 35.4.